The molecule has 15 heteroatoms. The Labute approximate surface area is 210 Å². The van der Waals surface area contributed by atoms with E-state index in [4.69, 9.17) is 5.73 Å². The van der Waals surface area contributed by atoms with E-state index in [1.165, 1.54) is 22.0 Å². The minimum atomic E-state index is -1.27. The number of fused-ring (bicyclic) bond motifs is 2. The predicted molar refractivity (Wildman–Crippen MR) is 127 cm³/mol. The number of thioether (sulfide) groups is 1. The quantitative estimate of drug-likeness (QED) is 0.162. The number of carboxylic acids is 1. The smallest absolute Gasteiger partial charge is 0.352 e. The van der Waals surface area contributed by atoms with Crippen LogP contribution in [0.4, 0.5) is 9.52 Å². The number of nitrogens with one attached hydrogen (secondary N) is 1. The molecule has 3 aromatic rings. The molecule has 186 valence electrons. The molecule has 0 radical (unpaired) electrons. The molecule has 0 aromatic carbocycles. The van der Waals surface area contributed by atoms with Crippen molar-refractivity contribution in [1.82, 2.24) is 19.6 Å². The van der Waals surface area contributed by atoms with Crippen LogP contribution in [0.3, 0.4) is 0 Å². The van der Waals surface area contributed by atoms with Gasteiger partial charge in [-0.15, -0.1) is 23.1 Å². The van der Waals surface area contributed by atoms with Gasteiger partial charge in [-0.1, -0.05) is 5.16 Å². The number of nitrogen functional groups attached to an aromatic ring is 1. The molecule has 12 nitrogen and oxygen atoms in total. The van der Waals surface area contributed by atoms with Crippen molar-refractivity contribution >= 4 is 57.2 Å². The lowest BCUT2D eigenvalue weighted by atomic mass is 10.0. The van der Waals surface area contributed by atoms with E-state index in [0.717, 1.165) is 16.9 Å². The van der Waals surface area contributed by atoms with Gasteiger partial charge in [0.15, 0.2) is 29.8 Å². The first kappa shape index (κ1) is 23.7. The fraction of sp³-hybridized carbons (Fsp3) is 0.238. The largest absolute Gasteiger partial charge is 0.477 e. The number of aliphatic carboxylic acids is 1. The number of oxime groups is 1. The van der Waals surface area contributed by atoms with E-state index in [0.29, 0.717) is 11.3 Å². The van der Waals surface area contributed by atoms with Gasteiger partial charge >= 0.3 is 5.97 Å². The highest BCUT2D eigenvalue weighted by Crippen LogP contribution is 2.40. The average Bonchev–Trinajstić information content (AvgIpc) is 3.50. The van der Waals surface area contributed by atoms with Gasteiger partial charge in [0.2, 0.25) is 0 Å². The molecule has 0 unspecified atom stereocenters. The maximum Gasteiger partial charge on any atom is 0.352 e. The Balaban J connectivity index is 1.35. The summed E-state index contributed by atoms with van der Waals surface area (Å²) >= 11 is 2.38. The van der Waals surface area contributed by atoms with Gasteiger partial charge in [0.05, 0.1) is 6.20 Å². The Bertz CT molecular complexity index is 1430. The third kappa shape index (κ3) is 4.26. The summed E-state index contributed by atoms with van der Waals surface area (Å²) in [5.41, 5.74) is 6.73. The number of nitrogens with two attached hydrogens (primary N) is 1. The van der Waals surface area contributed by atoms with Crippen LogP contribution >= 0.6 is 23.1 Å². The Morgan fingerprint density at radius 2 is 2.25 bits per heavy atom. The van der Waals surface area contributed by atoms with E-state index < -0.39 is 36.1 Å². The van der Waals surface area contributed by atoms with Crippen molar-refractivity contribution in [2.75, 3.05) is 18.3 Å². The van der Waals surface area contributed by atoms with Gasteiger partial charge in [0, 0.05) is 22.9 Å². The highest BCUT2D eigenvalue weighted by atomic mass is 32.2. The molecule has 0 bridgehead atoms. The van der Waals surface area contributed by atoms with Crippen LogP contribution < -0.4 is 15.6 Å². The van der Waals surface area contributed by atoms with E-state index in [1.54, 1.807) is 0 Å². The number of carboxylic acid groups (broad SMARTS) is 1. The minimum Gasteiger partial charge on any atom is -0.477 e. The second kappa shape index (κ2) is 9.58. The van der Waals surface area contributed by atoms with Gasteiger partial charge in [-0.2, -0.15) is 4.57 Å². The van der Waals surface area contributed by atoms with Crippen molar-refractivity contribution in [1.29, 1.82) is 0 Å². The van der Waals surface area contributed by atoms with Crippen molar-refractivity contribution in [2.24, 2.45) is 5.16 Å². The summed E-state index contributed by atoms with van der Waals surface area (Å²) in [5.74, 6) is -2.29. The van der Waals surface area contributed by atoms with E-state index >= 15 is 0 Å². The summed E-state index contributed by atoms with van der Waals surface area (Å²) < 4.78 is 16.3. The van der Waals surface area contributed by atoms with Crippen LogP contribution in [0.1, 0.15) is 5.69 Å². The number of anilines is 1. The first-order chi connectivity index (χ1) is 17.4. The first-order valence-electron chi connectivity index (χ1n) is 10.5. The first-order valence-corrected chi connectivity index (χ1v) is 12.4. The van der Waals surface area contributed by atoms with E-state index in [2.05, 4.69) is 20.3 Å². The summed E-state index contributed by atoms with van der Waals surface area (Å²) in [6.07, 6.45) is 7.47. The minimum absolute atomic E-state index is 0.0637. The number of amides is 2. The highest BCUT2D eigenvalue weighted by molar-refractivity contribution is 8.00. The van der Waals surface area contributed by atoms with E-state index in [9.17, 15) is 23.9 Å². The molecule has 36 heavy (non-hydrogen) atoms. The van der Waals surface area contributed by atoms with Gasteiger partial charge in [-0.25, -0.2) is 14.2 Å². The second-order valence-electron chi connectivity index (χ2n) is 7.81. The summed E-state index contributed by atoms with van der Waals surface area (Å²) in [6.45, 7) is -0.984. The molecular formula is C21H19FN7O5S2+. The van der Waals surface area contributed by atoms with Crippen molar-refractivity contribution in [3.63, 3.8) is 0 Å². The Morgan fingerprint density at radius 3 is 2.97 bits per heavy atom. The molecule has 0 saturated carbocycles. The number of halogens is 1. The average molecular weight is 533 g/mol. The molecule has 5 heterocycles. The fourth-order valence-electron chi connectivity index (χ4n) is 4.05. The molecule has 0 aliphatic carbocycles. The highest BCUT2D eigenvalue weighted by Gasteiger charge is 2.54. The number of thiazole rings is 1. The number of rotatable bonds is 8. The molecule has 1 fully saturated rings. The van der Waals surface area contributed by atoms with Gasteiger partial charge in [-0.05, 0) is 12.1 Å². The SMILES string of the molecule is Nc1nc(/C(=N/OCF)C(=O)N[C@@H]2C(=O)N3C(C(=O)O)=C(C[n+]4ccn5cccc5c4)CS[C@@H]23)cs1. The molecule has 2 aliphatic heterocycles. The van der Waals surface area contributed by atoms with Crippen LogP contribution in [0.25, 0.3) is 5.52 Å². The molecule has 5 rings (SSSR count). The lowest BCUT2D eigenvalue weighted by molar-refractivity contribution is -0.688. The zero-order chi connectivity index (χ0) is 25.4. The Kier molecular flexibility index (Phi) is 6.32. The van der Waals surface area contributed by atoms with Gasteiger partial charge in [-0.3, -0.25) is 14.5 Å². The summed E-state index contributed by atoms with van der Waals surface area (Å²) in [7, 11) is 0. The topological polar surface area (TPSA) is 155 Å². The third-order valence-corrected chi connectivity index (χ3v) is 7.64. The number of alkyl halides is 1. The number of hydrogen-bond donors (Lipinski definition) is 3. The third-order valence-electron chi connectivity index (χ3n) is 5.62. The summed E-state index contributed by atoms with van der Waals surface area (Å²) in [6, 6.07) is 2.82. The monoisotopic (exact) mass is 532 g/mol. The molecule has 4 N–H and O–H groups in total. The molecule has 3 aromatic heterocycles. The zero-order valence-corrected chi connectivity index (χ0v) is 20.0. The van der Waals surface area contributed by atoms with Gasteiger partial charge in [0.1, 0.15) is 28.3 Å². The number of hydrogen-bond acceptors (Lipinski definition) is 9. The number of carbonyl (C=O) groups is 3. The number of nitrogens with zero attached hydrogens (tertiary/aromatic N) is 5. The van der Waals surface area contributed by atoms with Gasteiger partial charge in [0.25, 0.3) is 18.7 Å². The molecule has 2 amide bonds. The summed E-state index contributed by atoms with van der Waals surface area (Å²) in [5, 5.41) is 16.9. The molecule has 0 spiro atoms. The molecule has 2 aliphatic rings. The standard InChI is InChI=1S/C21H18FN7O5S2/c22-10-34-26-14(13-9-36-21(23)24-13)17(30)25-15-18(31)29-16(20(32)33)11(8-35-19(15)29)6-27-4-5-28-3-1-2-12(28)7-27/h1-5,7,9,15,19H,6,8,10H2,(H3-,23,24,25,30,32,33)/p+1/b26-14-/t15-,19+/m1/s1. The van der Waals surface area contributed by atoms with Crippen LogP contribution in [-0.2, 0) is 25.8 Å². The Hall–Kier alpha value is -3.98. The number of aromatic nitrogens is 3. The van der Waals surface area contributed by atoms with Crippen LogP contribution in [0.5, 0.6) is 0 Å². The van der Waals surface area contributed by atoms with Gasteiger partial charge < -0.3 is 25.4 Å². The maximum atomic E-state index is 13.0. The predicted octanol–water partition coefficient (Wildman–Crippen LogP) is 0.352. The fourth-order valence-corrected chi connectivity index (χ4v) is 5.93. The lowest BCUT2D eigenvalue weighted by Gasteiger charge is -2.49. The van der Waals surface area contributed by atoms with Crippen LogP contribution in [0, 0.1) is 0 Å². The van der Waals surface area contributed by atoms with E-state index in [1.807, 2.05) is 45.9 Å². The Morgan fingerprint density at radius 1 is 1.42 bits per heavy atom. The van der Waals surface area contributed by atoms with Crippen LogP contribution in [-0.4, -0.2) is 66.9 Å². The zero-order valence-electron chi connectivity index (χ0n) is 18.4. The van der Waals surface area contributed by atoms with E-state index in [-0.39, 0.29) is 28.8 Å². The summed E-state index contributed by atoms with van der Waals surface area (Å²) in [4.78, 5) is 47.5. The van der Waals surface area contributed by atoms with Crippen molar-refractivity contribution in [2.45, 2.75) is 18.0 Å². The number of carbonyl (C=O) groups excluding carboxylic acids is 2. The van der Waals surface area contributed by atoms with Crippen LogP contribution in [0.15, 0.2) is 58.7 Å². The second-order valence-corrected chi connectivity index (χ2v) is 9.80. The van der Waals surface area contributed by atoms with Crippen molar-refractivity contribution in [3.05, 3.63) is 59.3 Å². The van der Waals surface area contributed by atoms with Crippen molar-refractivity contribution < 1.29 is 33.3 Å². The molecule has 2 atom stereocenters. The molecular weight excluding hydrogens is 513 g/mol. The normalized spacial score (nSPS) is 19.8. The number of β-lactam (4-membered cyclic amide) rings is 1. The van der Waals surface area contributed by atoms with Crippen LogP contribution in [0.2, 0.25) is 0 Å². The van der Waals surface area contributed by atoms with Crippen molar-refractivity contribution in [3.8, 4) is 0 Å². The molecule has 1 saturated heterocycles. The maximum absolute atomic E-state index is 13.0. The lowest BCUT2D eigenvalue weighted by Crippen LogP contribution is -2.71.